The molecule has 3 aromatic heterocycles. The van der Waals surface area contributed by atoms with Gasteiger partial charge in [-0.05, 0) is 54.8 Å². The highest BCUT2D eigenvalue weighted by Crippen LogP contribution is 2.45. The fraction of sp³-hybridized carbons (Fsp3) is 0.375. The number of carbonyl (C=O) groups is 2. The Morgan fingerprint density at radius 1 is 1.19 bits per heavy atom. The average molecular weight is 431 g/mol. The molecule has 3 aromatic rings. The summed E-state index contributed by atoms with van der Waals surface area (Å²) in [7, 11) is 0. The molecule has 0 aliphatic heterocycles. The Labute approximate surface area is 185 Å². The molecule has 2 aliphatic rings. The highest BCUT2D eigenvalue weighted by molar-refractivity contribution is 6.02. The van der Waals surface area contributed by atoms with Crippen LogP contribution in [0.15, 0.2) is 36.8 Å². The van der Waals surface area contributed by atoms with Crippen LogP contribution >= 0.6 is 0 Å². The highest BCUT2D eigenvalue weighted by atomic mass is 16.3. The lowest BCUT2D eigenvalue weighted by atomic mass is 9.78. The second kappa shape index (κ2) is 7.94. The van der Waals surface area contributed by atoms with Crippen molar-refractivity contribution >= 4 is 34.1 Å². The molecule has 32 heavy (non-hydrogen) atoms. The summed E-state index contributed by atoms with van der Waals surface area (Å²) in [6.45, 7) is 2.07. The Morgan fingerprint density at radius 3 is 2.75 bits per heavy atom. The highest BCUT2D eigenvalue weighted by Gasteiger charge is 2.51. The zero-order valence-corrected chi connectivity index (χ0v) is 17.8. The van der Waals surface area contributed by atoms with Gasteiger partial charge in [-0.1, -0.05) is 6.92 Å². The minimum atomic E-state index is -0.372. The summed E-state index contributed by atoms with van der Waals surface area (Å²) in [4.78, 5) is 38.1. The van der Waals surface area contributed by atoms with Crippen molar-refractivity contribution in [2.75, 3.05) is 11.1 Å². The van der Waals surface area contributed by atoms with Crippen molar-refractivity contribution in [2.24, 2.45) is 17.8 Å². The predicted octanol–water partition coefficient (Wildman–Crippen LogP) is 2.75. The second-order valence-corrected chi connectivity index (χ2v) is 8.73. The van der Waals surface area contributed by atoms with Gasteiger partial charge in [-0.15, -0.1) is 0 Å². The predicted molar refractivity (Wildman–Crippen MR) is 121 cm³/mol. The van der Waals surface area contributed by atoms with Gasteiger partial charge in [0.1, 0.15) is 17.4 Å². The molecule has 2 saturated carbocycles. The van der Waals surface area contributed by atoms with Crippen molar-refractivity contribution in [1.82, 2.24) is 15.0 Å². The third kappa shape index (κ3) is 3.71. The quantitative estimate of drug-likeness (QED) is 0.547. The zero-order chi connectivity index (χ0) is 22.4. The van der Waals surface area contributed by atoms with Gasteiger partial charge in [0, 0.05) is 47.3 Å². The molecule has 0 saturated heterocycles. The Balaban J connectivity index is 1.35. The van der Waals surface area contributed by atoms with Gasteiger partial charge in [0.25, 0.3) is 0 Å². The topological polar surface area (TPSA) is 131 Å². The Kier molecular flexibility index (Phi) is 5.09. The molecule has 8 heteroatoms. The maximum atomic E-state index is 12.7. The monoisotopic (exact) mass is 431 g/mol. The van der Waals surface area contributed by atoms with Crippen LogP contribution in [0.2, 0.25) is 0 Å². The maximum absolute atomic E-state index is 12.7. The van der Waals surface area contributed by atoms with Crippen molar-refractivity contribution in [3.8, 4) is 11.3 Å². The SMILES string of the molecule is CCc1ccncc1-c1cc2cc(NC(=O)C3CC3C(=O)C3CC(O)C3)ncc2c(N)n1. The Hall–Kier alpha value is -3.39. The van der Waals surface area contributed by atoms with Crippen LogP contribution in [0.5, 0.6) is 0 Å². The molecule has 0 bridgehead atoms. The number of aliphatic hydroxyl groups excluding tert-OH is 1. The number of hydrogen-bond donors (Lipinski definition) is 3. The first kappa shape index (κ1) is 20.5. The number of fused-ring (bicyclic) bond motifs is 1. The van der Waals surface area contributed by atoms with E-state index in [9.17, 15) is 14.7 Å². The first-order valence-electron chi connectivity index (χ1n) is 11.0. The minimum Gasteiger partial charge on any atom is -0.393 e. The molecular formula is C24H25N5O3. The smallest absolute Gasteiger partial charge is 0.229 e. The van der Waals surface area contributed by atoms with Gasteiger partial charge in [-0.3, -0.25) is 14.6 Å². The number of anilines is 2. The molecule has 4 N–H and O–H groups in total. The number of ketones is 1. The van der Waals surface area contributed by atoms with E-state index in [1.54, 1.807) is 24.7 Å². The molecule has 1 amide bonds. The number of nitrogens with zero attached hydrogens (tertiary/aromatic N) is 3. The second-order valence-electron chi connectivity index (χ2n) is 8.73. The number of aryl methyl sites for hydroxylation is 1. The first-order valence-corrected chi connectivity index (χ1v) is 11.0. The van der Waals surface area contributed by atoms with Crippen molar-refractivity contribution in [3.05, 3.63) is 42.4 Å². The lowest BCUT2D eigenvalue weighted by Crippen LogP contribution is -2.35. The van der Waals surface area contributed by atoms with Gasteiger partial charge >= 0.3 is 0 Å². The summed E-state index contributed by atoms with van der Waals surface area (Å²) in [5.41, 5.74) is 8.96. The molecular weight excluding hydrogens is 406 g/mol. The standard InChI is InChI=1S/C24H25N5O3/c1-2-12-3-4-26-10-18(12)20-7-13-8-21(27-11-19(13)23(25)28-20)29-24(32)17-9-16(17)22(31)14-5-15(30)6-14/h3-4,7-8,10-11,14-17,30H,2,5-6,9H2,1H3,(H2,25,28)(H,27,29,32). The number of nitrogens with two attached hydrogens (primary N) is 1. The summed E-state index contributed by atoms with van der Waals surface area (Å²) in [5.74, 6) is 0.0330. The fourth-order valence-corrected chi connectivity index (χ4v) is 4.48. The summed E-state index contributed by atoms with van der Waals surface area (Å²) in [6, 6.07) is 5.66. The molecule has 2 fully saturated rings. The molecule has 2 unspecified atom stereocenters. The van der Waals surface area contributed by atoms with E-state index in [0.29, 0.717) is 36.3 Å². The van der Waals surface area contributed by atoms with Gasteiger partial charge in [-0.2, -0.15) is 0 Å². The molecule has 0 aromatic carbocycles. The molecule has 3 heterocycles. The first-order chi connectivity index (χ1) is 15.4. The number of rotatable bonds is 6. The molecule has 5 rings (SSSR count). The molecule has 0 radical (unpaired) electrons. The lowest BCUT2D eigenvalue weighted by Gasteiger charge is -2.30. The lowest BCUT2D eigenvalue weighted by molar-refractivity contribution is -0.132. The molecule has 8 nitrogen and oxygen atoms in total. The van der Waals surface area contributed by atoms with Crippen LogP contribution in [0, 0.1) is 17.8 Å². The van der Waals surface area contributed by atoms with E-state index in [1.165, 1.54) is 0 Å². The molecule has 164 valence electrons. The van der Waals surface area contributed by atoms with Crippen molar-refractivity contribution in [3.63, 3.8) is 0 Å². The number of nitrogens with one attached hydrogen (secondary N) is 1. The maximum Gasteiger partial charge on any atom is 0.229 e. The van der Waals surface area contributed by atoms with Crippen molar-refractivity contribution in [2.45, 2.75) is 38.7 Å². The van der Waals surface area contributed by atoms with Crippen LogP contribution in [-0.2, 0) is 16.0 Å². The van der Waals surface area contributed by atoms with Crippen LogP contribution in [0.3, 0.4) is 0 Å². The number of aliphatic hydroxyl groups is 1. The van der Waals surface area contributed by atoms with Crippen LogP contribution in [0.25, 0.3) is 22.0 Å². The summed E-state index contributed by atoms with van der Waals surface area (Å²) < 4.78 is 0. The van der Waals surface area contributed by atoms with Crippen LogP contribution in [0.4, 0.5) is 11.6 Å². The summed E-state index contributed by atoms with van der Waals surface area (Å²) >= 11 is 0. The van der Waals surface area contributed by atoms with E-state index in [1.807, 2.05) is 12.1 Å². The number of Topliss-reactive ketones (excluding diaryl/α,β-unsaturated/α-hetero) is 1. The molecule has 2 atom stereocenters. The van der Waals surface area contributed by atoms with Crippen molar-refractivity contribution in [1.29, 1.82) is 0 Å². The van der Waals surface area contributed by atoms with Gasteiger partial charge in [0.15, 0.2) is 0 Å². The van der Waals surface area contributed by atoms with E-state index in [0.717, 1.165) is 28.6 Å². The normalized spacial score (nSPS) is 24.1. The number of amides is 1. The zero-order valence-electron chi connectivity index (χ0n) is 17.8. The van der Waals surface area contributed by atoms with E-state index in [2.05, 4.69) is 27.2 Å². The number of hydrogen-bond acceptors (Lipinski definition) is 7. The average Bonchev–Trinajstić information content (AvgIpc) is 3.57. The van der Waals surface area contributed by atoms with E-state index in [-0.39, 0.29) is 35.5 Å². The van der Waals surface area contributed by atoms with Gasteiger partial charge in [0.05, 0.1) is 11.8 Å². The van der Waals surface area contributed by atoms with Gasteiger partial charge < -0.3 is 16.2 Å². The van der Waals surface area contributed by atoms with Gasteiger partial charge in [0.2, 0.25) is 5.91 Å². The summed E-state index contributed by atoms with van der Waals surface area (Å²) in [5, 5.41) is 13.8. The van der Waals surface area contributed by atoms with Crippen LogP contribution < -0.4 is 11.1 Å². The molecule has 2 aliphatic carbocycles. The molecule has 0 spiro atoms. The number of carbonyl (C=O) groups excluding carboxylic acids is 2. The Morgan fingerprint density at radius 2 is 2.00 bits per heavy atom. The Bertz CT molecular complexity index is 1220. The fourth-order valence-electron chi connectivity index (χ4n) is 4.48. The largest absolute Gasteiger partial charge is 0.393 e. The van der Waals surface area contributed by atoms with E-state index < -0.39 is 0 Å². The van der Waals surface area contributed by atoms with E-state index >= 15 is 0 Å². The number of pyridine rings is 3. The minimum absolute atomic E-state index is 0.0963. The third-order valence-electron chi connectivity index (χ3n) is 6.57. The number of nitrogen functional groups attached to an aromatic ring is 1. The van der Waals surface area contributed by atoms with Crippen molar-refractivity contribution < 1.29 is 14.7 Å². The van der Waals surface area contributed by atoms with Gasteiger partial charge in [-0.25, -0.2) is 9.97 Å². The summed E-state index contributed by atoms with van der Waals surface area (Å²) in [6.07, 6.45) is 7.21. The van der Waals surface area contributed by atoms with E-state index in [4.69, 9.17) is 5.73 Å². The number of aromatic nitrogens is 3. The third-order valence-corrected chi connectivity index (χ3v) is 6.57. The van der Waals surface area contributed by atoms with Crippen LogP contribution in [0.1, 0.15) is 31.7 Å². The van der Waals surface area contributed by atoms with Crippen LogP contribution in [-0.4, -0.2) is 37.9 Å².